The van der Waals surface area contributed by atoms with Crippen molar-refractivity contribution >= 4 is 11.6 Å². The average molecular weight is 438 g/mol. The summed E-state index contributed by atoms with van der Waals surface area (Å²) >= 11 is 0. The second-order valence-electron chi connectivity index (χ2n) is 8.76. The lowest BCUT2D eigenvalue weighted by Crippen LogP contribution is -2.49. The molecule has 4 rings (SSSR count). The van der Waals surface area contributed by atoms with Crippen molar-refractivity contribution in [1.82, 2.24) is 10.2 Å². The zero-order valence-electron chi connectivity index (χ0n) is 19.5. The fourth-order valence-electron chi connectivity index (χ4n) is 5.08. The Morgan fingerprint density at radius 2 is 1.97 bits per heavy atom. The van der Waals surface area contributed by atoms with E-state index in [1.54, 1.807) is 19.1 Å². The van der Waals surface area contributed by atoms with Crippen molar-refractivity contribution in [3.8, 4) is 5.75 Å². The van der Waals surface area contributed by atoms with Crippen LogP contribution in [0.2, 0.25) is 0 Å². The number of rotatable bonds is 8. The van der Waals surface area contributed by atoms with E-state index < -0.39 is 0 Å². The Kier molecular flexibility index (Phi) is 7.45. The Morgan fingerprint density at radius 1 is 1.16 bits per heavy atom. The average Bonchev–Trinajstić information content (AvgIpc) is 2.84. The number of ether oxygens (including phenoxy) is 2. The number of carbonyl (C=O) groups is 1. The number of fused-ring (bicyclic) bond motifs is 1. The lowest BCUT2D eigenvalue weighted by Gasteiger charge is -2.41. The van der Waals surface area contributed by atoms with Crippen LogP contribution in [0.3, 0.4) is 0 Å². The Hall–Kier alpha value is -2.41. The highest BCUT2D eigenvalue weighted by Crippen LogP contribution is 2.36. The maximum absolute atomic E-state index is 12.3. The first kappa shape index (κ1) is 22.8. The van der Waals surface area contributed by atoms with E-state index in [-0.39, 0.29) is 11.9 Å². The third-order valence-corrected chi connectivity index (χ3v) is 6.83. The van der Waals surface area contributed by atoms with Crippen LogP contribution in [-0.2, 0) is 22.5 Å². The lowest BCUT2D eigenvalue weighted by atomic mass is 9.90. The van der Waals surface area contributed by atoms with Crippen LogP contribution >= 0.6 is 0 Å². The molecule has 0 aromatic heterocycles. The molecule has 6 heteroatoms. The van der Waals surface area contributed by atoms with Crippen molar-refractivity contribution < 1.29 is 14.3 Å². The molecule has 1 N–H and O–H groups in total. The number of nitrogens with zero attached hydrogens (tertiary/aromatic N) is 2. The van der Waals surface area contributed by atoms with Gasteiger partial charge in [0.1, 0.15) is 5.75 Å². The zero-order chi connectivity index (χ0) is 22.5. The quantitative estimate of drug-likeness (QED) is 0.685. The summed E-state index contributed by atoms with van der Waals surface area (Å²) in [6, 6.07) is 15.6. The highest BCUT2D eigenvalue weighted by Gasteiger charge is 2.32. The van der Waals surface area contributed by atoms with Crippen molar-refractivity contribution in [2.24, 2.45) is 0 Å². The molecule has 0 saturated carbocycles. The summed E-state index contributed by atoms with van der Waals surface area (Å²) in [5.41, 5.74) is 4.62. The van der Waals surface area contributed by atoms with Gasteiger partial charge in [0.25, 0.3) is 0 Å². The van der Waals surface area contributed by atoms with Crippen LogP contribution < -0.4 is 15.0 Å². The van der Waals surface area contributed by atoms with Gasteiger partial charge in [-0.2, -0.15) is 0 Å². The van der Waals surface area contributed by atoms with Crippen LogP contribution in [0, 0.1) is 0 Å². The van der Waals surface area contributed by atoms with Gasteiger partial charge in [-0.15, -0.1) is 0 Å². The molecule has 0 radical (unpaired) electrons. The molecule has 0 spiro atoms. The minimum atomic E-state index is 0.172. The normalized spacial score (nSPS) is 21.0. The van der Waals surface area contributed by atoms with Gasteiger partial charge in [0.2, 0.25) is 5.91 Å². The molecule has 2 aliphatic heterocycles. The van der Waals surface area contributed by atoms with Crippen LogP contribution in [0.5, 0.6) is 5.75 Å². The number of amides is 1. The Labute approximate surface area is 191 Å². The predicted octanol–water partition coefficient (Wildman–Crippen LogP) is 3.55. The van der Waals surface area contributed by atoms with Gasteiger partial charge in [-0.1, -0.05) is 30.3 Å². The minimum absolute atomic E-state index is 0.172. The molecule has 1 saturated heterocycles. The van der Waals surface area contributed by atoms with Gasteiger partial charge in [-0.05, 0) is 49.1 Å². The number of aryl methyl sites for hydroxylation is 1. The van der Waals surface area contributed by atoms with Gasteiger partial charge in [0, 0.05) is 57.0 Å². The molecule has 2 aliphatic rings. The smallest absolute Gasteiger partial charge is 0.227 e. The summed E-state index contributed by atoms with van der Waals surface area (Å²) in [7, 11) is 5.36. The third kappa shape index (κ3) is 4.82. The van der Waals surface area contributed by atoms with E-state index in [9.17, 15) is 4.79 Å². The highest BCUT2D eigenvalue weighted by molar-refractivity contribution is 5.96. The first-order valence-corrected chi connectivity index (χ1v) is 11.6. The molecular formula is C26H35N3O3. The summed E-state index contributed by atoms with van der Waals surface area (Å²) in [5, 5.41) is 3.75. The van der Waals surface area contributed by atoms with E-state index in [0.717, 1.165) is 55.9 Å². The molecule has 32 heavy (non-hydrogen) atoms. The van der Waals surface area contributed by atoms with Gasteiger partial charge in [-0.25, -0.2) is 0 Å². The maximum Gasteiger partial charge on any atom is 0.227 e. The minimum Gasteiger partial charge on any atom is -0.496 e. The number of hydrogen-bond donors (Lipinski definition) is 1. The summed E-state index contributed by atoms with van der Waals surface area (Å²) in [6.07, 6.45) is 3.60. The SMILES string of the molecule is COCCN(Cc1cc2c(cc1OC)CCC(=O)N2C)C1CCCNC1c1ccccc1. The van der Waals surface area contributed by atoms with Crippen molar-refractivity contribution in [2.75, 3.05) is 45.9 Å². The fraction of sp³-hybridized carbons (Fsp3) is 0.500. The van der Waals surface area contributed by atoms with E-state index in [1.807, 2.05) is 7.05 Å². The van der Waals surface area contributed by atoms with E-state index in [1.165, 1.54) is 11.1 Å². The van der Waals surface area contributed by atoms with Gasteiger partial charge in [0.15, 0.2) is 0 Å². The molecule has 1 amide bonds. The largest absolute Gasteiger partial charge is 0.496 e. The topological polar surface area (TPSA) is 54.0 Å². The molecule has 6 nitrogen and oxygen atoms in total. The number of anilines is 1. The highest BCUT2D eigenvalue weighted by atomic mass is 16.5. The van der Waals surface area contributed by atoms with Crippen molar-refractivity contribution in [2.45, 2.75) is 44.3 Å². The Balaban J connectivity index is 1.66. The standard InChI is InChI=1S/C26H35N3O3/c1-28-23-16-21(24(32-3)17-20(23)11-12-25(28)30)18-29(14-15-31-2)22-10-7-13-27-26(22)19-8-5-4-6-9-19/h4-6,8-9,16-17,22,26-27H,7,10-15,18H2,1-3H3. The first-order valence-electron chi connectivity index (χ1n) is 11.6. The van der Waals surface area contributed by atoms with E-state index in [2.05, 4.69) is 52.7 Å². The number of carbonyl (C=O) groups excluding carboxylic acids is 1. The third-order valence-electron chi connectivity index (χ3n) is 6.83. The summed E-state index contributed by atoms with van der Waals surface area (Å²) in [4.78, 5) is 16.6. The van der Waals surface area contributed by atoms with E-state index in [0.29, 0.717) is 19.1 Å². The number of hydrogen-bond acceptors (Lipinski definition) is 5. The molecule has 172 valence electrons. The zero-order valence-corrected chi connectivity index (χ0v) is 19.5. The van der Waals surface area contributed by atoms with Crippen LogP contribution in [0.4, 0.5) is 5.69 Å². The second kappa shape index (κ2) is 10.5. The number of benzene rings is 2. The number of nitrogens with one attached hydrogen (secondary N) is 1. The molecule has 2 aromatic rings. The monoisotopic (exact) mass is 437 g/mol. The van der Waals surface area contributed by atoms with E-state index in [4.69, 9.17) is 9.47 Å². The van der Waals surface area contributed by atoms with Crippen molar-refractivity contribution in [1.29, 1.82) is 0 Å². The van der Waals surface area contributed by atoms with Crippen molar-refractivity contribution in [3.63, 3.8) is 0 Å². The van der Waals surface area contributed by atoms with Crippen LogP contribution in [0.25, 0.3) is 0 Å². The number of piperidine rings is 1. The molecule has 2 heterocycles. The van der Waals surface area contributed by atoms with Crippen LogP contribution in [-0.4, -0.2) is 57.8 Å². The van der Waals surface area contributed by atoms with Crippen molar-refractivity contribution in [3.05, 3.63) is 59.2 Å². The molecule has 2 aromatic carbocycles. The van der Waals surface area contributed by atoms with Gasteiger partial charge in [-0.3, -0.25) is 9.69 Å². The fourth-order valence-corrected chi connectivity index (χ4v) is 5.08. The van der Waals surface area contributed by atoms with Gasteiger partial charge >= 0.3 is 0 Å². The predicted molar refractivity (Wildman–Crippen MR) is 127 cm³/mol. The summed E-state index contributed by atoms with van der Waals surface area (Å²) in [5.74, 6) is 1.07. The van der Waals surface area contributed by atoms with Crippen LogP contribution in [0.1, 0.15) is 42.0 Å². The molecule has 0 aliphatic carbocycles. The molecule has 2 atom stereocenters. The van der Waals surface area contributed by atoms with Gasteiger partial charge < -0.3 is 19.7 Å². The summed E-state index contributed by atoms with van der Waals surface area (Å²) < 4.78 is 11.3. The Morgan fingerprint density at radius 3 is 2.72 bits per heavy atom. The Bertz CT molecular complexity index is 918. The molecular weight excluding hydrogens is 402 g/mol. The molecule has 1 fully saturated rings. The summed E-state index contributed by atoms with van der Waals surface area (Å²) in [6.45, 7) is 3.28. The lowest BCUT2D eigenvalue weighted by molar-refractivity contribution is -0.118. The van der Waals surface area contributed by atoms with Crippen LogP contribution in [0.15, 0.2) is 42.5 Å². The van der Waals surface area contributed by atoms with E-state index >= 15 is 0 Å². The molecule has 2 unspecified atom stereocenters. The second-order valence-corrected chi connectivity index (χ2v) is 8.76. The van der Waals surface area contributed by atoms with Gasteiger partial charge in [0.05, 0.1) is 13.7 Å². The number of methoxy groups -OCH3 is 2. The first-order chi connectivity index (χ1) is 15.6. The molecule has 0 bridgehead atoms. The maximum atomic E-state index is 12.3.